The summed E-state index contributed by atoms with van der Waals surface area (Å²) in [4.78, 5) is 0. The Bertz CT molecular complexity index is 397. The molecule has 0 unspecified atom stereocenters. The summed E-state index contributed by atoms with van der Waals surface area (Å²) in [6, 6.07) is 6.08. The third-order valence-corrected chi connectivity index (χ3v) is 3.90. The molecule has 0 aliphatic carbocycles. The Morgan fingerprint density at radius 3 is 2.74 bits per heavy atom. The van der Waals surface area contributed by atoms with E-state index in [1.54, 1.807) is 0 Å². The first kappa shape index (κ1) is 16.8. The number of rotatable bonds is 4. The first-order chi connectivity index (χ1) is 8.72. The van der Waals surface area contributed by atoms with Gasteiger partial charge in [-0.3, -0.25) is 0 Å². The smallest absolute Gasteiger partial charge is 0.124 e. The van der Waals surface area contributed by atoms with E-state index >= 15 is 0 Å². The Morgan fingerprint density at radius 1 is 1.42 bits per heavy atom. The summed E-state index contributed by atoms with van der Waals surface area (Å²) in [5.41, 5.74) is 7.51. The summed E-state index contributed by atoms with van der Waals surface area (Å²) in [6.45, 7) is 4.29. The molecule has 1 saturated heterocycles. The van der Waals surface area contributed by atoms with E-state index in [0.717, 1.165) is 41.8 Å². The molecule has 2 rings (SSSR count). The fourth-order valence-corrected chi connectivity index (χ4v) is 2.77. The summed E-state index contributed by atoms with van der Waals surface area (Å²) in [5, 5.41) is 0. The van der Waals surface area contributed by atoms with Gasteiger partial charge in [0.15, 0.2) is 0 Å². The zero-order valence-corrected chi connectivity index (χ0v) is 13.5. The lowest BCUT2D eigenvalue weighted by Crippen LogP contribution is -2.27. The SMILES string of the molecule is CCOc1ccc(Br)cc1[C@H](N)C1CCOCC1.Cl. The van der Waals surface area contributed by atoms with Gasteiger partial charge in [0.25, 0.3) is 0 Å². The van der Waals surface area contributed by atoms with Crippen LogP contribution in [0.5, 0.6) is 5.75 Å². The lowest BCUT2D eigenvalue weighted by atomic mass is 9.87. The van der Waals surface area contributed by atoms with Crippen LogP contribution in [0.25, 0.3) is 0 Å². The maximum atomic E-state index is 6.41. The molecular weight excluding hydrogens is 330 g/mol. The average Bonchev–Trinajstić information content (AvgIpc) is 2.41. The first-order valence-corrected chi connectivity index (χ1v) is 7.27. The quantitative estimate of drug-likeness (QED) is 0.900. The summed E-state index contributed by atoms with van der Waals surface area (Å²) in [7, 11) is 0. The third-order valence-electron chi connectivity index (χ3n) is 3.40. The molecule has 1 aromatic carbocycles. The molecule has 1 atom stereocenters. The minimum absolute atomic E-state index is 0. The number of ether oxygens (including phenoxy) is 2. The molecular formula is C14H21BrClNO2. The van der Waals surface area contributed by atoms with Crippen molar-refractivity contribution in [1.29, 1.82) is 0 Å². The summed E-state index contributed by atoms with van der Waals surface area (Å²) >= 11 is 3.50. The lowest BCUT2D eigenvalue weighted by molar-refractivity contribution is 0.0580. The van der Waals surface area contributed by atoms with Crippen molar-refractivity contribution in [2.24, 2.45) is 11.7 Å². The van der Waals surface area contributed by atoms with Gasteiger partial charge in [-0.15, -0.1) is 12.4 Å². The van der Waals surface area contributed by atoms with E-state index in [9.17, 15) is 0 Å². The Balaban J connectivity index is 0.00000180. The Morgan fingerprint density at radius 2 is 2.11 bits per heavy atom. The molecule has 0 aromatic heterocycles. The highest BCUT2D eigenvalue weighted by Crippen LogP contribution is 2.35. The van der Waals surface area contributed by atoms with Crippen molar-refractivity contribution in [3.63, 3.8) is 0 Å². The van der Waals surface area contributed by atoms with Crippen LogP contribution >= 0.6 is 28.3 Å². The highest BCUT2D eigenvalue weighted by molar-refractivity contribution is 9.10. The third kappa shape index (κ3) is 4.35. The standard InChI is InChI=1S/C14H20BrNO2.ClH/c1-2-18-13-4-3-11(15)9-12(13)14(16)10-5-7-17-8-6-10;/h3-4,9-10,14H,2,5-8,16H2,1H3;1H/t14-;/m1./s1. The van der Waals surface area contributed by atoms with Gasteiger partial charge in [0.2, 0.25) is 0 Å². The number of hydrogen-bond acceptors (Lipinski definition) is 3. The molecule has 108 valence electrons. The molecule has 1 fully saturated rings. The highest BCUT2D eigenvalue weighted by Gasteiger charge is 2.24. The predicted molar refractivity (Wildman–Crippen MR) is 83.0 cm³/mol. The number of halogens is 2. The second kappa shape index (κ2) is 8.10. The molecule has 5 heteroatoms. The molecule has 1 heterocycles. The molecule has 1 aliphatic heterocycles. The van der Waals surface area contributed by atoms with E-state index in [1.807, 2.05) is 19.1 Å². The van der Waals surface area contributed by atoms with E-state index < -0.39 is 0 Å². The molecule has 0 radical (unpaired) electrons. The van der Waals surface area contributed by atoms with Crippen LogP contribution in [-0.2, 0) is 4.74 Å². The molecule has 3 nitrogen and oxygen atoms in total. The Labute approximate surface area is 129 Å². The second-order valence-electron chi connectivity index (χ2n) is 4.59. The second-order valence-corrected chi connectivity index (χ2v) is 5.51. The van der Waals surface area contributed by atoms with Gasteiger partial charge < -0.3 is 15.2 Å². The largest absolute Gasteiger partial charge is 0.494 e. The fraction of sp³-hybridized carbons (Fsp3) is 0.571. The van der Waals surface area contributed by atoms with Crippen molar-refractivity contribution in [1.82, 2.24) is 0 Å². The van der Waals surface area contributed by atoms with Crippen LogP contribution in [0.2, 0.25) is 0 Å². The zero-order valence-electron chi connectivity index (χ0n) is 11.1. The lowest BCUT2D eigenvalue weighted by Gasteiger charge is -2.29. The van der Waals surface area contributed by atoms with E-state index in [1.165, 1.54) is 0 Å². The minimum Gasteiger partial charge on any atom is -0.494 e. The van der Waals surface area contributed by atoms with Gasteiger partial charge in [-0.05, 0) is 43.9 Å². The van der Waals surface area contributed by atoms with Crippen LogP contribution in [0.3, 0.4) is 0 Å². The maximum Gasteiger partial charge on any atom is 0.124 e. The molecule has 19 heavy (non-hydrogen) atoms. The molecule has 0 spiro atoms. The molecule has 0 bridgehead atoms. The summed E-state index contributed by atoms with van der Waals surface area (Å²) in [6.07, 6.45) is 2.05. The van der Waals surface area contributed by atoms with Gasteiger partial charge in [-0.2, -0.15) is 0 Å². The van der Waals surface area contributed by atoms with Gasteiger partial charge in [-0.25, -0.2) is 0 Å². The van der Waals surface area contributed by atoms with Gasteiger partial charge >= 0.3 is 0 Å². The van der Waals surface area contributed by atoms with Crippen LogP contribution < -0.4 is 10.5 Å². The van der Waals surface area contributed by atoms with E-state index in [0.29, 0.717) is 12.5 Å². The molecule has 1 aromatic rings. The van der Waals surface area contributed by atoms with Crippen molar-refractivity contribution >= 4 is 28.3 Å². The Hall–Kier alpha value is -0.290. The first-order valence-electron chi connectivity index (χ1n) is 6.48. The van der Waals surface area contributed by atoms with E-state index in [-0.39, 0.29) is 18.4 Å². The molecule has 0 saturated carbocycles. The van der Waals surface area contributed by atoms with Gasteiger partial charge in [-0.1, -0.05) is 15.9 Å². The molecule has 1 aliphatic rings. The van der Waals surface area contributed by atoms with E-state index in [4.69, 9.17) is 15.2 Å². The van der Waals surface area contributed by atoms with Crippen molar-refractivity contribution in [2.75, 3.05) is 19.8 Å². The molecule has 0 amide bonds. The van der Waals surface area contributed by atoms with Gasteiger partial charge in [0, 0.05) is 29.3 Å². The van der Waals surface area contributed by atoms with Crippen molar-refractivity contribution in [3.05, 3.63) is 28.2 Å². The van der Waals surface area contributed by atoms with Gasteiger partial charge in [0.1, 0.15) is 5.75 Å². The zero-order chi connectivity index (χ0) is 13.0. The van der Waals surface area contributed by atoms with Crippen LogP contribution in [-0.4, -0.2) is 19.8 Å². The van der Waals surface area contributed by atoms with E-state index in [2.05, 4.69) is 22.0 Å². The normalized spacial score (nSPS) is 17.6. The predicted octanol–water partition coefficient (Wildman–Crippen LogP) is 3.70. The summed E-state index contributed by atoms with van der Waals surface area (Å²) in [5.74, 6) is 1.38. The van der Waals surface area contributed by atoms with Crippen LogP contribution in [0, 0.1) is 5.92 Å². The monoisotopic (exact) mass is 349 g/mol. The Kier molecular flexibility index (Phi) is 7.15. The van der Waals surface area contributed by atoms with Gasteiger partial charge in [0.05, 0.1) is 6.61 Å². The van der Waals surface area contributed by atoms with Crippen molar-refractivity contribution in [2.45, 2.75) is 25.8 Å². The topological polar surface area (TPSA) is 44.5 Å². The van der Waals surface area contributed by atoms with Crippen LogP contribution in [0.1, 0.15) is 31.4 Å². The molecule has 2 N–H and O–H groups in total. The fourth-order valence-electron chi connectivity index (χ4n) is 2.40. The van der Waals surface area contributed by atoms with Crippen LogP contribution in [0.15, 0.2) is 22.7 Å². The summed E-state index contributed by atoms with van der Waals surface area (Å²) < 4.78 is 12.1. The highest BCUT2D eigenvalue weighted by atomic mass is 79.9. The average molecular weight is 351 g/mol. The van der Waals surface area contributed by atoms with Crippen molar-refractivity contribution in [3.8, 4) is 5.75 Å². The maximum absolute atomic E-state index is 6.41. The minimum atomic E-state index is 0. The van der Waals surface area contributed by atoms with Crippen LogP contribution in [0.4, 0.5) is 0 Å². The number of nitrogens with two attached hydrogens (primary N) is 1. The number of benzene rings is 1. The number of hydrogen-bond donors (Lipinski definition) is 1. The van der Waals surface area contributed by atoms with Crippen molar-refractivity contribution < 1.29 is 9.47 Å².